The van der Waals surface area contributed by atoms with Crippen molar-refractivity contribution in [1.82, 2.24) is 9.97 Å². The highest BCUT2D eigenvalue weighted by molar-refractivity contribution is 5.76. The van der Waals surface area contributed by atoms with Gasteiger partial charge >= 0.3 is 5.97 Å². The number of hydrogen-bond donors (Lipinski definition) is 2. The summed E-state index contributed by atoms with van der Waals surface area (Å²) in [6.45, 7) is 1.55. The maximum absolute atomic E-state index is 10.4. The van der Waals surface area contributed by atoms with Crippen LogP contribution in [0.5, 0.6) is 0 Å². The Bertz CT molecular complexity index is 263. The van der Waals surface area contributed by atoms with E-state index in [1.165, 1.54) is 18.7 Å². The summed E-state index contributed by atoms with van der Waals surface area (Å²) in [5.41, 5.74) is 0.604. The van der Waals surface area contributed by atoms with Crippen molar-refractivity contribution < 1.29 is 9.90 Å². The fourth-order valence-electron chi connectivity index (χ4n) is 0.685. The van der Waals surface area contributed by atoms with Gasteiger partial charge in [0.25, 0.3) is 0 Å². The molecule has 0 spiro atoms. The minimum Gasteiger partial charge on any atom is -0.480 e. The second kappa shape index (κ2) is 3.66. The van der Waals surface area contributed by atoms with E-state index in [9.17, 15) is 4.79 Å². The molecular formula is C7H9N3O2. The third-order valence-electron chi connectivity index (χ3n) is 1.31. The lowest BCUT2D eigenvalue weighted by Gasteiger charge is -2.08. The van der Waals surface area contributed by atoms with Crippen molar-refractivity contribution in [3.8, 4) is 0 Å². The molecule has 1 aromatic heterocycles. The number of hydrogen-bond acceptors (Lipinski definition) is 4. The Kier molecular flexibility index (Phi) is 2.57. The summed E-state index contributed by atoms with van der Waals surface area (Å²) in [6.07, 6.45) is 4.43. The second-order valence-corrected chi connectivity index (χ2v) is 2.33. The van der Waals surface area contributed by atoms with Crippen molar-refractivity contribution in [3.63, 3.8) is 0 Å². The fraction of sp³-hybridized carbons (Fsp3) is 0.286. The Morgan fingerprint density at radius 3 is 2.67 bits per heavy atom. The first kappa shape index (κ1) is 8.45. The van der Waals surface area contributed by atoms with Crippen LogP contribution in [0.1, 0.15) is 6.92 Å². The summed E-state index contributed by atoms with van der Waals surface area (Å²) in [5, 5.41) is 11.3. The Morgan fingerprint density at radius 1 is 1.58 bits per heavy atom. The average molecular weight is 167 g/mol. The number of anilines is 1. The molecule has 64 valence electrons. The van der Waals surface area contributed by atoms with Gasteiger partial charge in [0.15, 0.2) is 0 Å². The molecule has 0 saturated carbocycles. The highest BCUT2D eigenvalue weighted by Gasteiger charge is 2.09. The van der Waals surface area contributed by atoms with E-state index in [0.29, 0.717) is 5.69 Å². The lowest BCUT2D eigenvalue weighted by molar-refractivity contribution is -0.137. The topological polar surface area (TPSA) is 75.1 Å². The number of carboxylic acid groups (broad SMARTS) is 1. The number of carboxylic acids is 1. The molecule has 5 nitrogen and oxygen atoms in total. The van der Waals surface area contributed by atoms with Gasteiger partial charge in [0.1, 0.15) is 12.4 Å². The maximum Gasteiger partial charge on any atom is 0.325 e. The Labute approximate surface area is 69.5 Å². The Hall–Kier alpha value is -1.65. The fourth-order valence-corrected chi connectivity index (χ4v) is 0.685. The van der Waals surface area contributed by atoms with Crippen LogP contribution in [0.15, 0.2) is 18.7 Å². The van der Waals surface area contributed by atoms with Crippen LogP contribution >= 0.6 is 0 Å². The van der Waals surface area contributed by atoms with Gasteiger partial charge in [-0.3, -0.25) is 4.79 Å². The summed E-state index contributed by atoms with van der Waals surface area (Å²) in [6, 6.07) is -0.629. The number of nitrogens with one attached hydrogen (secondary N) is 1. The summed E-state index contributed by atoms with van der Waals surface area (Å²) < 4.78 is 0. The second-order valence-electron chi connectivity index (χ2n) is 2.33. The summed E-state index contributed by atoms with van der Waals surface area (Å²) in [7, 11) is 0. The molecule has 1 aromatic rings. The number of nitrogens with zero attached hydrogens (tertiary/aromatic N) is 2. The third-order valence-corrected chi connectivity index (χ3v) is 1.31. The molecule has 0 saturated heterocycles. The number of aromatic nitrogens is 2. The highest BCUT2D eigenvalue weighted by Crippen LogP contribution is 2.02. The predicted molar refractivity (Wildman–Crippen MR) is 42.8 cm³/mol. The molecule has 0 aromatic carbocycles. The van der Waals surface area contributed by atoms with Crippen LogP contribution in [0, 0.1) is 0 Å². The normalized spacial score (nSPS) is 12.1. The zero-order valence-corrected chi connectivity index (χ0v) is 6.56. The zero-order chi connectivity index (χ0) is 8.97. The van der Waals surface area contributed by atoms with Gasteiger partial charge in [0.2, 0.25) is 0 Å². The van der Waals surface area contributed by atoms with E-state index in [4.69, 9.17) is 5.11 Å². The van der Waals surface area contributed by atoms with E-state index in [0.717, 1.165) is 0 Å². The van der Waals surface area contributed by atoms with E-state index < -0.39 is 12.0 Å². The van der Waals surface area contributed by atoms with Crippen molar-refractivity contribution in [3.05, 3.63) is 18.7 Å². The van der Waals surface area contributed by atoms with Crippen LogP contribution < -0.4 is 5.32 Å². The molecule has 1 heterocycles. The smallest absolute Gasteiger partial charge is 0.325 e. The first-order valence-corrected chi connectivity index (χ1v) is 3.44. The highest BCUT2D eigenvalue weighted by atomic mass is 16.4. The van der Waals surface area contributed by atoms with Crippen LogP contribution in [-0.4, -0.2) is 27.1 Å². The van der Waals surface area contributed by atoms with Crippen LogP contribution in [0.3, 0.4) is 0 Å². The van der Waals surface area contributed by atoms with Crippen LogP contribution in [0.4, 0.5) is 5.69 Å². The molecule has 1 rings (SSSR count). The summed E-state index contributed by atoms with van der Waals surface area (Å²) in [4.78, 5) is 17.9. The predicted octanol–water partition coefficient (Wildman–Crippen LogP) is 0.362. The van der Waals surface area contributed by atoms with E-state index in [1.807, 2.05) is 0 Å². The Balaban J connectivity index is 2.58. The molecule has 2 N–H and O–H groups in total. The minimum atomic E-state index is -0.904. The van der Waals surface area contributed by atoms with Gasteiger partial charge in [-0.25, -0.2) is 9.97 Å². The van der Waals surface area contributed by atoms with E-state index in [2.05, 4.69) is 15.3 Å². The monoisotopic (exact) mass is 167 g/mol. The van der Waals surface area contributed by atoms with Crippen LogP contribution in [-0.2, 0) is 4.79 Å². The molecule has 0 radical (unpaired) electrons. The summed E-state index contributed by atoms with van der Waals surface area (Å²) >= 11 is 0. The van der Waals surface area contributed by atoms with E-state index in [1.54, 1.807) is 6.92 Å². The number of carbonyl (C=O) groups is 1. The molecule has 1 atom stereocenters. The minimum absolute atomic E-state index is 0.604. The van der Waals surface area contributed by atoms with Crippen molar-refractivity contribution in [2.24, 2.45) is 0 Å². The molecular weight excluding hydrogens is 158 g/mol. The van der Waals surface area contributed by atoms with Crippen molar-refractivity contribution in [2.45, 2.75) is 13.0 Å². The van der Waals surface area contributed by atoms with Crippen LogP contribution in [0.2, 0.25) is 0 Å². The van der Waals surface area contributed by atoms with Gasteiger partial charge in [-0.2, -0.15) is 0 Å². The van der Waals surface area contributed by atoms with Gasteiger partial charge < -0.3 is 10.4 Å². The molecule has 0 fully saturated rings. The molecule has 0 aliphatic carbocycles. The third kappa shape index (κ3) is 2.19. The SMILES string of the molecule is C[C@H](Nc1cncnc1)C(=O)O. The Morgan fingerprint density at radius 2 is 2.17 bits per heavy atom. The lowest BCUT2D eigenvalue weighted by Crippen LogP contribution is -2.25. The first-order chi connectivity index (χ1) is 5.70. The van der Waals surface area contributed by atoms with Gasteiger partial charge in [-0.05, 0) is 6.92 Å². The van der Waals surface area contributed by atoms with Crippen LogP contribution in [0.25, 0.3) is 0 Å². The summed E-state index contributed by atoms with van der Waals surface area (Å²) in [5.74, 6) is -0.904. The standard InChI is InChI=1S/C7H9N3O2/c1-5(7(11)12)10-6-2-8-4-9-3-6/h2-5,10H,1H3,(H,11,12)/t5-/m0/s1. The molecule has 0 bridgehead atoms. The van der Waals surface area contributed by atoms with Gasteiger partial charge in [0.05, 0.1) is 18.1 Å². The van der Waals surface area contributed by atoms with Gasteiger partial charge in [0, 0.05) is 0 Å². The molecule has 5 heteroatoms. The molecule has 0 aliphatic rings. The first-order valence-electron chi connectivity index (χ1n) is 3.44. The molecule has 0 amide bonds. The van der Waals surface area contributed by atoms with Gasteiger partial charge in [-0.15, -0.1) is 0 Å². The molecule has 12 heavy (non-hydrogen) atoms. The van der Waals surface area contributed by atoms with Gasteiger partial charge in [-0.1, -0.05) is 0 Å². The van der Waals surface area contributed by atoms with Crippen molar-refractivity contribution in [2.75, 3.05) is 5.32 Å². The largest absolute Gasteiger partial charge is 0.480 e. The number of aliphatic carboxylic acids is 1. The van der Waals surface area contributed by atoms with E-state index >= 15 is 0 Å². The van der Waals surface area contributed by atoms with E-state index in [-0.39, 0.29) is 0 Å². The zero-order valence-electron chi connectivity index (χ0n) is 6.56. The maximum atomic E-state index is 10.4. The molecule has 0 unspecified atom stereocenters. The lowest BCUT2D eigenvalue weighted by atomic mass is 10.3. The van der Waals surface area contributed by atoms with Crippen molar-refractivity contribution >= 4 is 11.7 Å². The molecule has 0 aliphatic heterocycles. The average Bonchev–Trinajstić information content (AvgIpc) is 2.06. The quantitative estimate of drug-likeness (QED) is 0.679. The number of rotatable bonds is 3. The van der Waals surface area contributed by atoms with Crippen molar-refractivity contribution in [1.29, 1.82) is 0 Å².